The Balaban J connectivity index is 1.56. The van der Waals surface area contributed by atoms with Gasteiger partial charge < -0.3 is 20.1 Å². The summed E-state index contributed by atoms with van der Waals surface area (Å²) in [6, 6.07) is 17.8. The third-order valence-electron chi connectivity index (χ3n) is 5.40. The number of amides is 3. The van der Waals surface area contributed by atoms with Gasteiger partial charge in [0.25, 0.3) is 5.91 Å². The first kappa shape index (κ1) is 26.9. The van der Waals surface area contributed by atoms with E-state index in [0.717, 1.165) is 22.4 Å². The molecule has 0 atom stereocenters. The molecule has 0 radical (unpaired) electrons. The fourth-order valence-corrected chi connectivity index (χ4v) is 3.26. The molecule has 0 fully saturated rings. The number of aryl methyl sites for hydroxylation is 3. The van der Waals surface area contributed by atoms with Gasteiger partial charge in [-0.15, -0.1) is 0 Å². The van der Waals surface area contributed by atoms with E-state index < -0.39 is 11.8 Å². The van der Waals surface area contributed by atoms with Crippen LogP contribution in [0, 0.1) is 20.8 Å². The number of anilines is 2. The van der Waals surface area contributed by atoms with Crippen molar-refractivity contribution in [2.24, 2.45) is 5.10 Å². The summed E-state index contributed by atoms with van der Waals surface area (Å²) >= 11 is 0. The molecule has 0 saturated carbocycles. The van der Waals surface area contributed by atoms with Crippen LogP contribution in [-0.2, 0) is 14.4 Å². The average Bonchev–Trinajstić information content (AvgIpc) is 2.87. The number of nitrogens with one attached hydrogen (secondary N) is 3. The number of carbonyl (C=O) groups is 3. The molecule has 9 nitrogen and oxygen atoms in total. The molecular formula is C28H30N4O5. The zero-order valence-corrected chi connectivity index (χ0v) is 21.3. The van der Waals surface area contributed by atoms with Crippen LogP contribution in [0.2, 0.25) is 0 Å². The van der Waals surface area contributed by atoms with Crippen LogP contribution in [0.5, 0.6) is 11.5 Å². The van der Waals surface area contributed by atoms with Crippen molar-refractivity contribution >= 4 is 35.3 Å². The van der Waals surface area contributed by atoms with Gasteiger partial charge in [0.2, 0.25) is 0 Å². The van der Waals surface area contributed by atoms with E-state index in [1.807, 2.05) is 58.0 Å². The van der Waals surface area contributed by atoms with Gasteiger partial charge in [-0.1, -0.05) is 24.3 Å². The highest BCUT2D eigenvalue weighted by molar-refractivity contribution is 6.39. The predicted octanol–water partition coefficient (Wildman–Crippen LogP) is 4.12. The molecular weight excluding hydrogens is 472 g/mol. The van der Waals surface area contributed by atoms with E-state index in [9.17, 15) is 14.4 Å². The largest absolute Gasteiger partial charge is 0.490 e. The van der Waals surface area contributed by atoms with Gasteiger partial charge >= 0.3 is 11.8 Å². The number of ether oxygens (including phenoxy) is 2. The minimum atomic E-state index is -0.904. The van der Waals surface area contributed by atoms with E-state index in [1.54, 1.807) is 30.3 Å². The highest BCUT2D eigenvalue weighted by atomic mass is 16.5. The molecule has 0 aromatic heterocycles. The van der Waals surface area contributed by atoms with Crippen LogP contribution in [-0.4, -0.2) is 37.1 Å². The summed E-state index contributed by atoms with van der Waals surface area (Å²) in [7, 11) is 0. The van der Waals surface area contributed by atoms with Gasteiger partial charge in [0.1, 0.15) is 0 Å². The van der Waals surface area contributed by atoms with Crippen LogP contribution in [0.3, 0.4) is 0 Å². The molecule has 0 aliphatic rings. The van der Waals surface area contributed by atoms with Crippen molar-refractivity contribution in [3.63, 3.8) is 0 Å². The first-order valence-corrected chi connectivity index (χ1v) is 11.7. The van der Waals surface area contributed by atoms with E-state index >= 15 is 0 Å². The Morgan fingerprint density at radius 1 is 0.811 bits per heavy atom. The molecule has 192 valence electrons. The summed E-state index contributed by atoms with van der Waals surface area (Å²) in [6.45, 7) is 7.78. The minimum absolute atomic E-state index is 0.201. The van der Waals surface area contributed by atoms with Crippen LogP contribution in [0.4, 0.5) is 11.4 Å². The Hall–Kier alpha value is -4.66. The van der Waals surface area contributed by atoms with E-state index in [0.29, 0.717) is 29.4 Å². The topological polar surface area (TPSA) is 118 Å². The first-order valence-electron chi connectivity index (χ1n) is 11.7. The van der Waals surface area contributed by atoms with Crippen molar-refractivity contribution in [1.29, 1.82) is 0 Å². The SMILES string of the molecule is CCOc1cc(/C=N\NC(=O)C(=O)Nc2ccc(C)c(C)c2)ccc1OCC(=O)Nc1ccccc1C. The van der Waals surface area contributed by atoms with E-state index in [2.05, 4.69) is 21.2 Å². The molecule has 9 heteroatoms. The second kappa shape index (κ2) is 12.9. The third-order valence-corrected chi connectivity index (χ3v) is 5.40. The molecule has 0 saturated heterocycles. The van der Waals surface area contributed by atoms with E-state index in [-0.39, 0.29) is 12.5 Å². The number of hydrogen-bond acceptors (Lipinski definition) is 6. The summed E-state index contributed by atoms with van der Waals surface area (Å²) in [4.78, 5) is 36.5. The lowest BCUT2D eigenvalue weighted by Gasteiger charge is -2.13. The predicted molar refractivity (Wildman–Crippen MR) is 143 cm³/mol. The quantitative estimate of drug-likeness (QED) is 0.231. The Bertz CT molecular complexity index is 1320. The molecule has 0 spiro atoms. The standard InChI is InChI=1S/C28H30N4O5/c1-5-36-25-15-21(11-13-24(25)37-17-26(33)31-23-9-7-6-8-19(23)3)16-29-32-28(35)27(34)30-22-12-10-18(2)20(4)14-22/h6-16H,5,17H2,1-4H3,(H,30,34)(H,31,33)(H,32,35)/b29-16-. The lowest BCUT2D eigenvalue weighted by Crippen LogP contribution is -2.32. The summed E-state index contributed by atoms with van der Waals surface area (Å²) in [6.07, 6.45) is 1.37. The molecule has 3 amide bonds. The Morgan fingerprint density at radius 2 is 1.59 bits per heavy atom. The average molecular weight is 503 g/mol. The number of benzene rings is 3. The van der Waals surface area contributed by atoms with Gasteiger partial charge in [0.05, 0.1) is 12.8 Å². The normalized spacial score (nSPS) is 10.6. The summed E-state index contributed by atoms with van der Waals surface area (Å²) < 4.78 is 11.3. The lowest BCUT2D eigenvalue weighted by molar-refractivity contribution is -0.136. The maximum Gasteiger partial charge on any atom is 0.329 e. The van der Waals surface area contributed by atoms with Gasteiger partial charge in [0, 0.05) is 11.4 Å². The molecule has 0 bridgehead atoms. The molecule has 3 aromatic carbocycles. The number of nitrogens with zero attached hydrogens (tertiary/aromatic N) is 1. The lowest BCUT2D eigenvalue weighted by atomic mass is 10.1. The molecule has 0 aliphatic carbocycles. The number of hydrazone groups is 1. The highest BCUT2D eigenvalue weighted by Gasteiger charge is 2.14. The maximum atomic E-state index is 12.3. The number of carbonyl (C=O) groups excluding carboxylic acids is 3. The Morgan fingerprint density at radius 3 is 2.32 bits per heavy atom. The van der Waals surface area contributed by atoms with Crippen molar-refractivity contribution in [2.45, 2.75) is 27.7 Å². The van der Waals surface area contributed by atoms with Crippen molar-refractivity contribution < 1.29 is 23.9 Å². The molecule has 37 heavy (non-hydrogen) atoms. The summed E-state index contributed by atoms with van der Waals surface area (Å²) in [5.41, 5.74) is 7.07. The van der Waals surface area contributed by atoms with Gasteiger partial charge in [-0.05, 0) is 86.3 Å². The van der Waals surface area contributed by atoms with Crippen LogP contribution >= 0.6 is 0 Å². The zero-order chi connectivity index (χ0) is 26.8. The van der Waals surface area contributed by atoms with E-state index in [1.165, 1.54) is 6.21 Å². The summed E-state index contributed by atoms with van der Waals surface area (Å²) in [5, 5.41) is 9.20. The van der Waals surface area contributed by atoms with Crippen LogP contribution in [0.1, 0.15) is 29.2 Å². The molecule has 0 aliphatic heterocycles. The van der Waals surface area contributed by atoms with Crippen LogP contribution in [0.25, 0.3) is 0 Å². The van der Waals surface area contributed by atoms with Crippen molar-refractivity contribution in [3.8, 4) is 11.5 Å². The van der Waals surface area contributed by atoms with Crippen LogP contribution < -0.4 is 25.5 Å². The number of rotatable bonds is 9. The van der Waals surface area contributed by atoms with E-state index in [4.69, 9.17) is 9.47 Å². The Kier molecular flexibility index (Phi) is 9.37. The zero-order valence-electron chi connectivity index (χ0n) is 21.3. The van der Waals surface area contributed by atoms with Gasteiger partial charge in [0.15, 0.2) is 18.1 Å². The van der Waals surface area contributed by atoms with Crippen molar-refractivity contribution in [1.82, 2.24) is 5.43 Å². The minimum Gasteiger partial charge on any atom is -0.490 e. The monoisotopic (exact) mass is 502 g/mol. The smallest absolute Gasteiger partial charge is 0.329 e. The fourth-order valence-electron chi connectivity index (χ4n) is 3.26. The number of hydrogen-bond donors (Lipinski definition) is 3. The second-order valence-electron chi connectivity index (χ2n) is 8.24. The van der Waals surface area contributed by atoms with Gasteiger partial charge in [-0.25, -0.2) is 5.43 Å². The maximum absolute atomic E-state index is 12.3. The van der Waals surface area contributed by atoms with Gasteiger partial charge in [-0.2, -0.15) is 5.10 Å². The third kappa shape index (κ3) is 7.93. The molecule has 3 rings (SSSR count). The van der Waals surface area contributed by atoms with Crippen LogP contribution in [0.15, 0.2) is 65.8 Å². The molecule has 3 N–H and O–H groups in total. The molecule has 0 unspecified atom stereocenters. The first-order chi connectivity index (χ1) is 17.8. The molecule has 0 heterocycles. The number of para-hydroxylation sites is 1. The Labute approximate surface area is 215 Å². The second-order valence-corrected chi connectivity index (χ2v) is 8.24. The highest BCUT2D eigenvalue weighted by Crippen LogP contribution is 2.28. The fraction of sp³-hybridized carbons (Fsp3) is 0.214. The van der Waals surface area contributed by atoms with Crippen molar-refractivity contribution in [3.05, 3.63) is 82.9 Å². The summed E-state index contributed by atoms with van der Waals surface area (Å²) in [5.74, 6) is -1.24. The van der Waals surface area contributed by atoms with Gasteiger partial charge in [-0.3, -0.25) is 14.4 Å². The molecule has 3 aromatic rings. The van der Waals surface area contributed by atoms with Crippen molar-refractivity contribution in [2.75, 3.05) is 23.8 Å².